The summed E-state index contributed by atoms with van der Waals surface area (Å²) in [7, 11) is 0. The molecule has 0 amide bonds. The van der Waals surface area contributed by atoms with E-state index in [4.69, 9.17) is 0 Å². The Morgan fingerprint density at radius 2 is 2.00 bits per heavy atom. The van der Waals surface area contributed by atoms with Crippen molar-refractivity contribution in [2.75, 3.05) is 6.54 Å². The van der Waals surface area contributed by atoms with E-state index in [2.05, 4.69) is 17.3 Å². The summed E-state index contributed by atoms with van der Waals surface area (Å²) in [6, 6.07) is 10.3. The highest BCUT2D eigenvalue weighted by molar-refractivity contribution is 5.31. The zero-order valence-corrected chi connectivity index (χ0v) is 12.5. The van der Waals surface area contributed by atoms with Crippen molar-refractivity contribution in [3.05, 3.63) is 48.3 Å². The summed E-state index contributed by atoms with van der Waals surface area (Å²) in [5, 5.41) is 18.2. The number of aromatic nitrogens is 2. The van der Waals surface area contributed by atoms with Crippen molar-refractivity contribution in [1.29, 1.82) is 0 Å². The molecule has 0 bridgehead atoms. The van der Waals surface area contributed by atoms with Crippen LogP contribution < -0.4 is 5.32 Å². The number of nitrogens with one attached hydrogen (secondary N) is 1. The molecule has 1 atom stereocenters. The van der Waals surface area contributed by atoms with Crippen molar-refractivity contribution in [1.82, 2.24) is 15.1 Å². The van der Waals surface area contributed by atoms with E-state index in [0.29, 0.717) is 6.54 Å². The second kappa shape index (κ2) is 6.00. The van der Waals surface area contributed by atoms with E-state index >= 15 is 0 Å². The molecule has 1 saturated carbocycles. The van der Waals surface area contributed by atoms with Gasteiger partial charge >= 0.3 is 0 Å². The molecule has 21 heavy (non-hydrogen) atoms. The van der Waals surface area contributed by atoms with Gasteiger partial charge in [-0.3, -0.25) is 0 Å². The van der Waals surface area contributed by atoms with Gasteiger partial charge in [0.2, 0.25) is 0 Å². The quantitative estimate of drug-likeness (QED) is 0.888. The second-order valence-electron chi connectivity index (χ2n) is 6.09. The number of rotatable bonds is 5. The average Bonchev–Trinajstić information content (AvgIpc) is 3.16. The van der Waals surface area contributed by atoms with Crippen molar-refractivity contribution in [3.63, 3.8) is 0 Å². The van der Waals surface area contributed by atoms with Gasteiger partial charge in [-0.05, 0) is 31.9 Å². The number of hydrogen-bond acceptors (Lipinski definition) is 3. The standard InChI is InChI=1S/C17H23N3O/c1-14(18-13-17(21)9-5-6-10-17)15-11-19-20(12-15)16-7-3-2-4-8-16/h2-4,7-8,11-12,14,18,21H,5-6,9-10,13H2,1H3. The Hall–Kier alpha value is -1.65. The van der Waals surface area contributed by atoms with Gasteiger partial charge in [-0.15, -0.1) is 0 Å². The van der Waals surface area contributed by atoms with Crippen molar-refractivity contribution in [3.8, 4) is 5.69 Å². The maximum Gasteiger partial charge on any atom is 0.0771 e. The maximum atomic E-state index is 10.4. The lowest BCUT2D eigenvalue weighted by Gasteiger charge is -2.24. The lowest BCUT2D eigenvalue weighted by molar-refractivity contribution is 0.0453. The molecule has 1 aliphatic carbocycles. The fourth-order valence-electron chi connectivity index (χ4n) is 2.95. The van der Waals surface area contributed by atoms with Crippen LogP contribution in [0.15, 0.2) is 42.7 Å². The maximum absolute atomic E-state index is 10.4. The van der Waals surface area contributed by atoms with Crippen molar-refractivity contribution >= 4 is 0 Å². The Labute approximate surface area is 125 Å². The molecule has 0 radical (unpaired) electrons. The first-order valence-corrected chi connectivity index (χ1v) is 7.72. The van der Waals surface area contributed by atoms with Gasteiger partial charge in [0.05, 0.1) is 17.5 Å². The monoisotopic (exact) mass is 285 g/mol. The fourth-order valence-corrected chi connectivity index (χ4v) is 2.95. The lowest BCUT2D eigenvalue weighted by Crippen LogP contribution is -2.38. The van der Waals surface area contributed by atoms with Crippen molar-refractivity contribution in [2.24, 2.45) is 0 Å². The van der Waals surface area contributed by atoms with E-state index in [1.54, 1.807) is 0 Å². The topological polar surface area (TPSA) is 50.1 Å². The van der Waals surface area contributed by atoms with Crippen LogP contribution in [-0.2, 0) is 0 Å². The van der Waals surface area contributed by atoms with Crippen LogP contribution >= 0.6 is 0 Å². The van der Waals surface area contributed by atoms with E-state index in [1.807, 2.05) is 47.4 Å². The largest absolute Gasteiger partial charge is 0.389 e. The molecule has 112 valence electrons. The molecule has 0 saturated heterocycles. The highest BCUT2D eigenvalue weighted by Gasteiger charge is 2.31. The van der Waals surface area contributed by atoms with Crippen LogP contribution in [0.4, 0.5) is 0 Å². The molecular weight excluding hydrogens is 262 g/mol. The predicted octanol–water partition coefficient (Wildman–Crippen LogP) is 2.83. The Kier molecular flexibility index (Phi) is 4.08. The van der Waals surface area contributed by atoms with Gasteiger partial charge < -0.3 is 10.4 Å². The molecule has 1 aliphatic rings. The molecule has 3 rings (SSSR count). The molecular formula is C17H23N3O. The Morgan fingerprint density at radius 1 is 1.29 bits per heavy atom. The fraction of sp³-hybridized carbons (Fsp3) is 0.471. The molecule has 1 aromatic heterocycles. The minimum atomic E-state index is -0.510. The zero-order valence-electron chi connectivity index (χ0n) is 12.5. The minimum Gasteiger partial charge on any atom is -0.389 e. The zero-order chi connectivity index (χ0) is 14.7. The van der Waals surface area contributed by atoms with E-state index in [9.17, 15) is 5.11 Å². The molecule has 4 nitrogen and oxygen atoms in total. The number of para-hydroxylation sites is 1. The number of benzene rings is 1. The first-order chi connectivity index (χ1) is 10.2. The van der Waals surface area contributed by atoms with Crippen molar-refractivity contribution in [2.45, 2.75) is 44.2 Å². The van der Waals surface area contributed by atoms with Crippen LogP contribution in [0.2, 0.25) is 0 Å². The summed E-state index contributed by atoms with van der Waals surface area (Å²) >= 11 is 0. The average molecular weight is 285 g/mol. The molecule has 0 aliphatic heterocycles. The number of hydrogen-bond donors (Lipinski definition) is 2. The highest BCUT2D eigenvalue weighted by Crippen LogP contribution is 2.29. The molecule has 1 heterocycles. The summed E-state index contributed by atoms with van der Waals surface area (Å²) in [4.78, 5) is 0. The van der Waals surface area contributed by atoms with Crippen LogP contribution in [0.1, 0.15) is 44.2 Å². The smallest absolute Gasteiger partial charge is 0.0771 e. The summed E-state index contributed by atoms with van der Waals surface area (Å²) in [6.07, 6.45) is 8.04. The highest BCUT2D eigenvalue weighted by atomic mass is 16.3. The normalized spacial score (nSPS) is 18.8. The Morgan fingerprint density at radius 3 is 2.71 bits per heavy atom. The summed E-state index contributed by atoms with van der Waals surface area (Å²) < 4.78 is 1.89. The first-order valence-electron chi connectivity index (χ1n) is 7.72. The number of nitrogens with zero attached hydrogens (tertiary/aromatic N) is 2. The molecule has 2 aromatic rings. The Balaban J connectivity index is 1.63. The van der Waals surface area contributed by atoms with Gasteiger partial charge in [0.1, 0.15) is 0 Å². The third kappa shape index (κ3) is 3.34. The molecule has 4 heteroatoms. The van der Waals surface area contributed by atoms with Crippen LogP contribution in [0, 0.1) is 0 Å². The van der Waals surface area contributed by atoms with Gasteiger partial charge in [-0.1, -0.05) is 31.0 Å². The molecule has 2 N–H and O–H groups in total. The molecule has 1 aromatic carbocycles. The molecule has 0 spiro atoms. The summed E-state index contributed by atoms with van der Waals surface area (Å²) in [5.41, 5.74) is 1.69. The Bertz CT molecular complexity index is 573. The van der Waals surface area contributed by atoms with Gasteiger partial charge in [0.25, 0.3) is 0 Å². The van der Waals surface area contributed by atoms with Gasteiger partial charge in [-0.2, -0.15) is 5.10 Å². The molecule has 1 fully saturated rings. The van der Waals surface area contributed by atoms with Crippen LogP contribution in [-0.4, -0.2) is 27.0 Å². The van der Waals surface area contributed by atoms with E-state index in [0.717, 1.165) is 36.9 Å². The predicted molar refractivity (Wildman–Crippen MR) is 83.4 cm³/mol. The minimum absolute atomic E-state index is 0.187. The SMILES string of the molecule is CC(NCC1(O)CCCC1)c1cnn(-c2ccccc2)c1. The second-order valence-corrected chi connectivity index (χ2v) is 6.09. The van der Waals surface area contributed by atoms with Crippen molar-refractivity contribution < 1.29 is 5.11 Å². The van der Waals surface area contributed by atoms with Gasteiger partial charge in [0.15, 0.2) is 0 Å². The summed E-state index contributed by atoms with van der Waals surface area (Å²) in [5.74, 6) is 0. The third-order valence-electron chi connectivity index (χ3n) is 4.39. The van der Waals surface area contributed by atoms with E-state index in [-0.39, 0.29) is 6.04 Å². The van der Waals surface area contributed by atoms with E-state index < -0.39 is 5.60 Å². The van der Waals surface area contributed by atoms with Crippen LogP contribution in [0.25, 0.3) is 5.69 Å². The van der Waals surface area contributed by atoms with E-state index in [1.165, 1.54) is 0 Å². The number of aliphatic hydroxyl groups is 1. The third-order valence-corrected chi connectivity index (χ3v) is 4.39. The van der Waals surface area contributed by atoms with Crippen LogP contribution in [0.5, 0.6) is 0 Å². The van der Waals surface area contributed by atoms with Gasteiger partial charge in [-0.25, -0.2) is 4.68 Å². The first kappa shape index (κ1) is 14.3. The molecule has 1 unspecified atom stereocenters. The van der Waals surface area contributed by atoms with Gasteiger partial charge in [0, 0.05) is 24.3 Å². The lowest BCUT2D eigenvalue weighted by atomic mass is 10.0. The summed E-state index contributed by atoms with van der Waals surface area (Å²) in [6.45, 7) is 2.77. The van der Waals surface area contributed by atoms with Crippen LogP contribution in [0.3, 0.4) is 0 Å².